The molecule has 172 valence electrons. The first-order valence-corrected chi connectivity index (χ1v) is 12.2. The van der Waals surface area contributed by atoms with E-state index in [2.05, 4.69) is 15.5 Å². The summed E-state index contributed by atoms with van der Waals surface area (Å²) >= 11 is 6.23. The van der Waals surface area contributed by atoms with Crippen molar-refractivity contribution in [3.63, 3.8) is 0 Å². The monoisotopic (exact) mass is 492 g/mol. The van der Waals surface area contributed by atoms with Gasteiger partial charge in [0, 0.05) is 10.9 Å². The molecule has 3 aromatic carbocycles. The highest BCUT2D eigenvalue weighted by Gasteiger charge is 2.28. The van der Waals surface area contributed by atoms with E-state index in [-0.39, 0.29) is 10.0 Å². The highest BCUT2D eigenvalue weighted by atomic mass is 35.5. The number of aryl methyl sites for hydroxylation is 1. The Hall–Kier alpha value is -3.75. The average Bonchev–Trinajstić information content (AvgIpc) is 2.84. The molecule has 1 heterocycles. The van der Waals surface area contributed by atoms with Gasteiger partial charge in [-0.05, 0) is 42.8 Å². The van der Waals surface area contributed by atoms with Crippen LogP contribution in [0.2, 0.25) is 5.15 Å². The molecule has 0 unspecified atom stereocenters. The van der Waals surface area contributed by atoms with Crippen LogP contribution in [0.1, 0.15) is 11.1 Å². The Morgan fingerprint density at radius 1 is 1.03 bits per heavy atom. The number of amides is 1. The first-order chi connectivity index (χ1) is 16.4. The number of aromatic nitrogens is 1. The van der Waals surface area contributed by atoms with E-state index in [1.807, 2.05) is 24.3 Å². The standard InChI is InChI=1S/C25H21ClN4O3S/c1-18-9-5-8-14-23(18)30(34(32,33)21-11-3-2-4-12-21)17-24(31)29-27-16-20-15-19-10-6-7-13-22(19)28-25(20)26/h2-16H,17H2,1H3,(H,29,31)/b27-16+. The van der Waals surface area contributed by atoms with Crippen LogP contribution in [0, 0.1) is 6.92 Å². The minimum Gasteiger partial charge on any atom is -0.271 e. The largest absolute Gasteiger partial charge is 0.271 e. The van der Waals surface area contributed by atoms with Crippen molar-refractivity contribution in [1.82, 2.24) is 10.4 Å². The van der Waals surface area contributed by atoms with Crippen molar-refractivity contribution in [2.45, 2.75) is 11.8 Å². The number of para-hydroxylation sites is 2. The lowest BCUT2D eigenvalue weighted by Crippen LogP contribution is -2.40. The van der Waals surface area contributed by atoms with Gasteiger partial charge in [-0.1, -0.05) is 66.2 Å². The van der Waals surface area contributed by atoms with E-state index in [4.69, 9.17) is 11.6 Å². The molecule has 7 nitrogen and oxygen atoms in total. The predicted molar refractivity (Wildman–Crippen MR) is 135 cm³/mol. The van der Waals surface area contributed by atoms with E-state index in [0.717, 1.165) is 15.2 Å². The van der Waals surface area contributed by atoms with Gasteiger partial charge in [-0.2, -0.15) is 5.10 Å². The molecule has 0 radical (unpaired) electrons. The van der Waals surface area contributed by atoms with Crippen LogP contribution in [0.15, 0.2) is 94.9 Å². The van der Waals surface area contributed by atoms with E-state index in [0.29, 0.717) is 16.8 Å². The number of nitrogens with zero attached hydrogens (tertiary/aromatic N) is 3. The van der Waals surface area contributed by atoms with Crippen LogP contribution in [0.4, 0.5) is 5.69 Å². The highest BCUT2D eigenvalue weighted by Crippen LogP contribution is 2.26. The fourth-order valence-corrected chi connectivity index (χ4v) is 5.10. The third kappa shape index (κ3) is 5.08. The number of nitrogens with one attached hydrogen (secondary N) is 1. The summed E-state index contributed by atoms with van der Waals surface area (Å²) in [5.74, 6) is -0.608. The fraction of sp³-hybridized carbons (Fsp3) is 0.0800. The van der Waals surface area contributed by atoms with Gasteiger partial charge < -0.3 is 0 Å². The molecule has 34 heavy (non-hydrogen) atoms. The number of sulfonamides is 1. The summed E-state index contributed by atoms with van der Waals surface area (Å²) in [5.41, 5.74) is 4.78. The second-order valence-electron chi connectivity index (χ2n) is 7.47. The number of fused-ring (bicyclic) bond motifs is 1. The Morgan fingerprint density at radius 2 is 1.71 bits per heavy atom. The molecule has 0 atom stereocenters. The molecule has 0 spiro atoms. The van der Waals surface area contributed by atoms with Crippen molar-refractivity contribution in [3.05, 3.63) is 101 Å². The summed E-state index contributed by atoms with van der Waals surface area (Å²) in [4.78, 5) is 17.1. The second kappa shape index (κ2) is 10.0. The Bertz CT molecular complexity index is 1470. The molecule has 4 aromatic rings. The highest BCUT2D eigenvalue weighted by molar-refractivity contribution is 7.92. The molecule has 4 rings (SSSR count). The fourth-order valence-electron chi connectivity index (χ4n) is 3.40. The third-order valence-corrected chi connectivity index (χ3v) is 7.18. The van der Waals surface area contributed by atoms with Crippen LogP contribution in [0.5, 0.6) is 0 Å². The number of halogens is 1. The lowest BCUT2D eigenvalue weighted by Gasteiger charge is -2.25. The summed E-state index contributed by atoms with van der Waals surface area (Å²) in [6, 6.07) is 24.2. The van der Waals surface area contributed by atoms with E-state index in [9.17, 15) is 13.2 Å². The zero-order valence-electron chi connectivity index (χ0n) is 18.2. The van der Waals surface area contributed by atoms with Crippen molar-refractivity contribution in [2.24, 2.45) is 5.10 Å². The quantitative estimate of drug-likeness (QED) is 0.233. The van der Waals surface area contributed by atoms with Crippen LogP contribution >= 0.6 is 11.6 Å². The Balaban J connectivity index is 1.57. The smallest absolute Gasteiger partial charge is 0.264 e. The maximum absolute atomic E-state index is 13.4. The normalized spacial score (nSPS) is 11.6. The molecule has 0 saturated heterocycles. The van der Waals surface area contributed by atoms with E-state index in [1.54, 1.807) is 55.5 Å². The number of carbonyl (C=O) groups excluding carboxylic acids is 1. The van der Waals surface area contributed by atoms with Crippen molar-refractivity contribution in [2.75, 3.05) is 10.8 Å². The van der Waals surface area contributed by atoms with Gasteiger partial charge in [0.25, 0.3) is 15.9 Å². The van der Waals surface area contributed by atoms with Crippen LogP contribution < -0.4 is 9.73 Å². The number of anilines is 1. The average molecular weight is 493 g/mol. The Morgan fingerprint density at radius 3 is 2.47 bits per heavy atom. The van der Waals surface area contributed by atoms with E-state index in [1.165, 1.54) is 18.3 Å². The lowest BCUT2D eigenvalue weighted by atomic mass is 10.2. The first kappa shape index (κ1) is 23.4. The van der Waals surface area contributed by atoms with Gasteiger partial charge in [0.1, 0.15) is 11.7 Å². The number of hydrogen-bond acceptors (Lipinski definition) is 5. The molecule has 0 fully saturated rings. The molecule has 1 N–H and O–H groups in total. The number of hydrogen-bond donors (Lipinski definition) is 1. The van der Waals surface area contributed by atoms with Crippen molar-refractivity contribution in [1.29, 1.82) is 0 Å². The zero-order chi connectivity index (χ0) is 24.1. The molecule has 0 saturated carbocycles. The van der Waals surface area contributed by atoms with Gasteiger partial charge in [0.15, 0.2) is 0 Å². The van der Waals surface area contributed by atoms with Gasteiger partial charge >= 0.3 is 0 Å². The Kier molecular flexibility index (Phi) is 6.90. The molecule has 0 aliphatic heterocycles. The van der Waals surface area contributed by atoms with Crippen LogP contribution in [-0.4, -0.2) is 32.1 Å². The molecule has 0 aliphatic rings. The van der Waals surface area contributed by atoms with E-state index < -0.39 is 22.5 Å². The number of hydrazone groups is 1. The molecule has 0 bridgehead atoms. The van der Waals surface area contributed by atoms with Gasteiger partial charge in [0.05, 0.1) is 22.3 Å². The predicted octanol–water partition coefficient (Wildman–Crippen LogP) is 4.54. The van der Waals surface area contributed by atoms with Crippen molar-refractivity contribution in [3.8, 4) is 0 Å². The zero-order valence-corrected chi connectivity index (χ0v) is 19.8. The summed E-state index contributed by atoms with van der Waals surface area (Å²) in [5, 5.41) is 5.08. The molecule has 1 amide bonds. The molecule has 0 aliphatic carbocycles. The number of carbonyl (C=O) groups is 1. The van der Waals surface area contributed by atoms with Crippen molar-refractivity contribution < 1.29 is 13.2 Å². The topological polar surface area (TPSA) is 91.7 Å². The van der Waals surface area contributed by atoms with Crippen LogP contribution in [-0.2, 0) is 14.8 Å². The molecular weight excluding hydrogens is 472 g/mol. The summed E-state index contributed by atoms with van der Waals surface area (Å²) in [7, 11) is -3.99. The number of rotatable bonds is 7. The summed E-state index contributed by atoms with van der Waals surface area (Å²) in [6.45, 7) is 1.33. The van der Waals surface area contributed by atoms with Crippen LogP contribution in [0.25, 0.3) is 10.9 Å². The minimum atomic E-state index is -3.99. The number of pyridine rings is 1. The van der Waals surface area contributed by atoms with Gasteiger partial charge in [0.2, 0.25) is 0 Å². The first-order valence-electron chi connectivity index (χ1n) is 10.4. The van der Waals surface area contributed by atoms with Gasteiger partial charge in [-0.3, -0.25) is 9.10 Å². The third-order valence-electron chi connectivity index (χ3n) is 5.10. The lowest BCUT2D eigenvalue weighted by molar-refractivity contribution is -0.119. The van der Waals surface area contributed by atoms with Gasteiger partial charge in [-0.15, -0.1) is 0 Å². The maximum atomic E-state index is 13.4. The van der Waals surface area contributed by atoms with Gasteiger partial charge in [-0.25, -0.2) is 18.8 Å². The molecule has 9 heteroatoms. The maximum Gasteiger partial charge on any atom is 0.264 e. The van der Waals surface area contributed by atoms with Crippen LogP contribution in [0.3, 0.4) is 0 Å². The van der Waals surface area contributed by atoms with Crippen molar-refractivity contribution >= 4 is 50.3 Å². The minimum absolute atomic E-state index is 0.0866. The Labute approximate surface area is 202 Å². The summed E-state index contributed by atoms with van der Waals surface area (Å²) in [6.07, 6.45) is 1.38. The SMILES string of the molecule is Cc1ccccc1N(CC(=O)N/N=C/c1cc2ccccc2nc1Cl)S(=O)(=O)c1ccccc1. The molecular formula is C25H21ClN4O3S. The number of benzene rings is 3. The second-order valence-corrected chi connectivity index (χ2v) is 9.69. The molecule has 1 aromatic heterocycles. The summed E-state index contributed by atoms with van der Waals surface area (Å²) < 4.78 is 27.8. The van der Waals surface area contributed by atoms with E-state index >= 15 is 0 Å².